The summed E-state index contributed by atoms with van der Waals surface area (Å²) in [5, 5.41) is 7.68. The van der Waals surface area contributed by atoms with Gasteiger partial charge in [0.25, 0.3) is 0 Å². The van der Waals surface area contributed by atoms with E-state index in [1.165, 1.54) is 0 Å². The fourth-order valence-corrected chi connectivity index (χ4v) is 1.50. The molecule has 0 saturated carbocycles. The van der Waals surface area contributed by atoms with Gasteiger partial charge in [0.15, 0.2) is 0 Å². The summed E-state index contributed by atoms with van der Waals surface area (Å²) in [5.41, 5.74) is 1.14. The van der Waals surface area contributed by atoms with Gasteiger partial charge in [-0.3, -0.25) is 4.68 Å². The van der Waals surface area contributed by atoms with Crippen LogP contribution in [0.25, 0.3) is 0 Å². The molecular formula is C13H25N3O. The van der Waals surface area contributed by atoms with E-state index in [1.54, 1.807) is 0 Å². The van der Waals surface area contributed by atoms with Gasteiger partial charge in [0, 0.05) is 39.4 Å². The van der Waals surface area contributed by atoms with Crippen LogP contribution in [0, 0.1) is 5.92 Å². The lowest BCUT2D eigenvalue weighted by molar-refractivity contribution is 0.125. The fourth-order valence-electron chi connectivity index (χ4n) is 1.50. The molecule has 1 N–H and O–H groups in total. The molecule has 1 aromatic rings. The maximum atomic E-state index is 5.52. The summed E-state index contributed by atoms with van der Waals surface area (Å²) in [6.07, 6.45) is 4.10. The van der Waals surface area contributed by atoms with E-state index < -0.39 is 0 Å². The fraction of sp³-hybridized carbons (Fsp3) is 0.769. The molecule has 0 bridgehead atoms. The Morgan fingerprint density at radius 2 is 2.18 bits per heavy atom. The van der Waals surface area contributed by atoms with Crippen molar-refractivity contribution in [2.45, 2.75) is 26.7 Å². The molecule has 17 heavy (non-hydrogen) atoms. The number of aromatic nitrogens is 2. The van der Waals surface area contributed by atoms with Gasteiger partial charge >= 0.3 is 0 Å². The van der Waals surface area contributed by atoms with Crippen LogP contribution in [0.5, 0.6) is 0 Å². The summed E-state index contributed by atoms with van der Waals surface area (Å²) in [5.74, 6) is 0.729. The average Bonchev–Trinajstić information content (AvgIpc) is 2.68. The molecule has 98 valence electrons. The van der Waals surface area contributed by atoms with Gasteiger partial charge in [0.2, 0.25) is 0 Å². The zero-order chi connectivity index (χ0) is 12.5. The van der Waals surface area contributed by atoms with Gasteiger partial charge in [0.05, 0.1) is 12.3 Å². The molecule has 0 atom stereocenters. The van der Waals surface area contributed by atoms with Gasteiger partial charge in [-0.1, -0.05) is 13.8 Å². The molecule has 0 aliphatic heterocycles. The van der Waals surface area contributed by atoms with Crippen LogP contribution in [-0.4, -0.2) is 36.1 Å². The van der Waals surface area contributed by atoms with Gasteiger partial charge in [0.1, 0.15) is 0 Å². The van der Waals surface area contributed by atoms with Crippen LogP contribution in [0.15, 0.2) is 12.3 Å². The molecule has 1 rings (SSSR count). The summed E-state index contributed by atoms with van der Waals surface area (Å²) >= 11 is 0. The first-order valence-electron chi connectivity index (χ1n) is 6.45. The van der Waals surface area contributed by atoms with Crippen LogP contribution < -0.4 is 5.32 Å². The van der Waals surface area contributed by atoms with Crippen LogP contribution >= 0.6 is 0 Å². The van der Waals surface area contributed by atoms with Crippen molar-refractivity contribution < 1.29 is 4.74 Å². The lowest BCUT2D eigenvalue weighted by Crippen LogP contribution is -2.22. The van der Waals surface area contributed by atoms with E-state index in [0.717, 1.165) is 50.8 Å². The normalized spacial score (nSPS) is 11.3. The highest BCUT2D eigenvalue weighted by Gasteiger charge is 1.96. The molecule has 0 aliphatic rings. The topological polar surface area (TPSA) is 39.1 Å². The zero-order valence-electron chi connectivity index (χ0n) is 11.3. The van der Waals surface area contributed by atoms with E-state index in [4.69, 9.17) is 4.74 Å². The second-order valence-corrected chi connectivity index (χ2v) is 4.78. The molecule has 0 saturated heterocycles. The van der Waals surface area contributed by atoms with E-state index in [2.05, 4.69) is 30.3 Å². The Bertz CT molecular complexity index is 297. The van der Waals surface area contributed by atoms with Crippen molar-refractivity contribution in [3.05, 3.63) is 18.0 Å². The summed E-state index contributed by atoms with van der Waals surface area (Å²) in [6.45, 7) is 7.99. The van der Waals surface area contributed by atoms with Crippen molar-refractivity contribution in [3.63, 3.8) is 0 Å². The summed E-state index contributed by atoms with van der Waals surface area (Å²) in [7, 11) is 1.94. The lowest BCUT2D eigenvalue weighted by atomic mass is 10.1. The molecule has 0 aromatic carbocycles. The first kappa shape index (κ1) is 14.2. The Hall–Kier alpha value is -0.870. The Kier molecular flexibility index (Phi) is 6.89. The summed E-state index contributed by atoms with van der Waals surface area (Å²) in [6, 6.07) is 2.06. The predicted octanol–water partition coefficient (Wildman–Crippen LogP) is 1.61. The molecule has 0 unspecified atom stereocenters. The molecule has 4 nitrogen and oxygen atoms in total. The van der Waals surface area contributed by atoms with Gasteiger partial charge < -0.3 is 10.1 Å². The number of ether oxygens (including phenoxy) is 1. The van der Waals surface area contributed by atoms with Crippen LogP contribution in [0.3, 0.4) is 0 Å². The monoisotopic (exact) mass is 239 g/mol. The van der Waals surface area contributed by atoms with Crippen molar-refractivity contribution in [2.24, 2.45) is 13.0 Å². The van der Waals surface area contributed by atoms with Crippen LogP contribution in [0.4, 0.5) is 0 Å². The Balaban J connectivity index is 1.88. The third-order valence-corrected chi connectivity index (χ3v) is 2.59. The lowest BCUT2D eigenvalue weighted by Gasteiger charge is -2.07. The average molecular weight is 239 g/mol. The number of hydrogen-bond acceptors (Lipinski definition) is 3. The molecular weight excluding hydrogens is 214 g/mol. The maximum Gasteiger partial charge on any atom is 0.0637 e. The molecule has 1 aromatic heterocycles. The second kappa shape index (κ2) is 8.25. The van der Waals surface area contributed by atoms with Crippen molar-refractivity contribution >= 4 is 0 Å². The highest BCUT2D eigenvalue weighted by atomic mass is 16.5. The molecule has 0 amide bonds. The Labute approximate surface area is 104 Å². The van der Waals surface area contributed by atoms with E-state index in [0.29, 0.717) is 0 Å². The van der Waals surface area contributed by atoms with Gasteiger partial charge in [-0.05, 0) is 18.4 Å². The number of nitrogens with one attached hydrogen (secondary N) is 1. The minimum Gasteiger partial charge on any atom is -0.380 e. The van der Waals surface area contributed by atoms with Gasteiger partial charge in [-0.25, -0.2) is 0 Å². The minimum absolute atomic E-state index is 0.729. The molecule has 0 radical (unpaired) electrons. The molecule has 1 heterocycles. The molecule has 0 aliphatic carbocycles. The number of aryl methyl sites for hydroxylation is 1. The number of hydrogen-bond donors (Lipinski definition) is 1. The standard InChI is InChI=1S/C13H25N3O/c1-12(2)6-10-17-11-8-14-7-4-13-5-9-16(3)15-13/h5,9,12,14H,4,6-8,10-11H2,1-3H3. The van der Waals surface area contributed by atoms with E-state index in [1.807, 2.05) is 17.9 Å². The first-order chi connectivity index (χ1) is 8.18. The highest BCUT2D eigenvalue weighted by Crippen LogP contribution is 1.98. The van der Waals surface area contributed by atoms with Gasteiger partial charge in [-0.15, -0.1) is 0 Å². The quantitative estimate of drug-likeness (QED) is 0.666. The smallest absolute Gasteiger partial charge is 0.0637 e. The maximum absolute atomic E-state index is 5.52. The molecule has 4 heteroatoms. The van der Waals surface area contributed by atoms with E-state index >= 15 is 0 Å². The SMILES string of the molecule is CC(C)CCOCCNCCc1ccn(C)n1. The van der Waals surface area contributed by atoms with Crippen molar-refractivity contribution in [2.75, 3.05) is 26.3 Å². The van der Waals surface area contributed by atoms with Gasteiger partial charge in [-0.2, -0.15) is 5.10 Å². The molecule has 0 fully saturated rings. The minimum atomic E-state index is 0.729. The Morgan fingerprint density at radius 1 is 1.35 bits per heavy atom. The van der Waals surface area contributed by atoms with Crippen LogP contribution in [0.1, 0.15) is 26.0 Å². The predicted molar refractivity (Wildman–Crippen MR) is 70.1 cm³/mol. The van der Waals surface area contributed by atoms with Crippen LogP contribution in [-0.2, 0) is 18.2 Å². The second-order valence-electron chi connectivity index (χ2n) is 4.78. The number of nitrogens with zero attached hydrogens (tertiary/aromatic N) is 2. The first-order valence-corrected chi connectivity index (χ1v) is 6.45. The third kappa shape index (κ3) is 7.13. The molecule has 0 spiro atoms. The van der Waals surface area contributed by atoms with Crippen LogP contribution in [0.2, 0.25) is 0 Å². The van der Waals surface area contributed by atoms with Crippen molar-refractivity contribution in [1.82, 2.24) is 15.1 Å². The third-order valence-electron chi connectivity index (χ3n) is 2.59. The van der Waals surface area contributed by atoms with Crippen molar-refractivity contribution in [1.29, 1.82) is 0 Å². The van der Waals surface area contributed by atoms with E-state index in [9.17, 15) is 0 Å². The Morgan fingerprint density at radius 3 is 2.82 bits per heavy atom. The number of rotatable bonds is 9. The summed E-state index contributed by atoms with van der Waals surface area (Å²) < 4.78 is 7.36. The highest BCUT2D eigenvalue weighted by molar-refractivity contribution is 4.98. The zero-order valence-corrected chi connectivity index (χ0v) is 11.3. The van der Waals surface area contributed by atoms with Crippen molar-refractivity contribution in [3.8, 4) is 0 Å². The summed E-state index contributed by atoms with van der Waals surface area (Å²) in [4.78, 5) is 0. The van der Waals surface area contributed by atoms with E-state index in [-0.39, 0.29) is 0 Å². The largest absolute Gasteiger partial charge is 0.380 e.